The average Bonchev–Trinajstić information content (AvgIpc) is 4.08. The number of para-hydroxylation sites is 1. The fourth-order valence-corrected chi connectivity index (χ4v) is 12.8. The molecule has 3 aromatic heterocycles. The Hall–Kier alpha value is -6.24. The van der Waals surface area contributed by atoms with Gasteiger partial charge < -0.3 is 46.2 Å². The molecule has 18 heteroatoms. The highest BCUT2D eigenvalue weighted by Crippen LogP contribution is 2.39. The number of nitrogen functional groups attached to an aromatic ring is 1. The number of aryl methyl sites for hydroxylation is 1. The summed E-state index contributed by atoms with van der Waals surface area (Å²) < 4.78 is 0. The SMILES string of the molecule is Cc1ncsc1-c1ccc(CNC(=O)C2C[C@@H](O)CN2C(=O)[C@@H](NC(=O)[C@H]2CC[C@@H](CN3CCC(c4cnc(N5C6CCC5CN(c5cc(-c7ccccc7O)nnc5N)C6)nc4)CC3)CC2)C(C)(C)C)cc1. The number of nitrogens with one attached hydrogen (secondary N) is 2. The Labute approximate surface area is 432 Å². The van der Waals surface area contributed by atoms with E-state index in [4.69, 9.17) is 15.7 Å². The van der Waals surface area contributed by atoms with Crippen molar-refractivity contribution in [2.75, 3.05) is 54.8 Å². The van der Waals surface area contributed by atoms with Crippen LogP contribution in [0, 0.1) is 24.2 Å². The summed E-state index contributed by atoms with van der Waals surface area (Å²) in [4.78, 5) is 66.0. The number of rotatable bonds is 13. The number of carbonyl (C=O) groups excluding carboxylic acids is 3. The van der Waals surface area contributed by atoms with Gasteiger partial charge in [-0.05, 0) is 124 Å². The largest absolute Gasteiger partial charge is 0.507 e. The molecule has 4 aliphatic heterocycles. The summed E-state index contributed by atoms with van der Waals surface area (Å²) >= 11 is 1.59. The van der Waals surface area contributed by atoms with E-state index < -0.39 is 23.6 Å². The van der Waals surface area contributed by atoms with Gasteiger partial charge in [0.1, 0.15) is 17.8 Å². The molecule has 386 valence electrons. The Morgan fingerprint density at radius 3 is 2.22 bits per heavy atom. The third-order valence-electron chi connectivity index (χ3n) is 16.2. The number of thiazole rings is 1. The summed E-state index contributed by atoms with van der Waals surface area (Å²) in [5.41, 5.74) is 13.8. The van der Waals surface area contributed by atoms with Crippen molar-refractivity contribution in [3.8, 4) is 27.4 Å². The lowest BCUT2D eigenvalue weighted by Crippen LogP contribution is -2.58. The zero-order valence-corrected chi connectivity index (χ0v) is 43.3. The smallest absolute Gasteiger partial charge is 0.246 e. The second kappa shape index (κ2) is 21.3. The van der Waals surface area contributed by atoms with E-state index in [1.54, 1.807) is 23.5 Å². The van der Waals surface area contributed by atoms with Gasteiger partial charge in [0.25, 0.3) is 0 Å². The van der Waals surface area contributed by atoms with Crippen LogP contribution in [0.4, 0.5) is 17.5 Å². The van der Waals surface area contributed by atoms with Crippen molar-refractivity contribution in [2.45, 2.75) is 128 Å². The number of phenols is 1. The molecule has 0 radical (unpaired) electrons. The Kier molecular flexibility index (Phi) is 14.7. The third-order valence-corrected chi connectivity index (χ3v) is 17.2. The lowest BCUT2D eigenvalue weighted by Gasteiger charge is -2.42. The standard InChI is InChI=1S/C55H70N12O5S/c1-33-48(73-32-60-33)37-13-9-34(10-14-37)25-57-52(71)46-23-42(68)31-66(46)53(72)49(55(2,3)4)61-51(70)38-15-11-35(12-16-38)28-64-21-19-36(20-22-64)39-26-58-54(59-27-39)67-40-17-18-41(67)30-65(29-40)45-24-44(62-63-50(45)56)43-7-5-6-8-47(43)69/h5-10,13-14,24,26-27,32,35-36,38,40-42,46,49,68-69H,11-12,15-23,25,28-31H2,1-4H3,(H2,56,63)(H,57,71)(H,61,70)/t35-,38+,40?,41?,42-,46?,49-/m1/s1. The van der Waals surface area contributed by atoms with Crippen molar-refractivity contribution in [1.29, 1.82) is 0 Å². The van der Waals surface area contributed by atoms with Crippen LogP contribution in [0.5, 0.6) is 5.75 Å². The number of β-amino-alcohol motifs (C(OH)–C–C–N with tert-alkyl or cyclic N) is 1. The molecule has 10 rings (SSSR count). The fraction of sp³-hybridized carbons (Fsp3) is 0.527. The summed E-state index contributed by atoms with van der Waals surface area (Å²) in [6, 6.07) is 15.9. The van der Waals surface area contributed by atoms with Crippen LogP contribution >= 0.6 is 11.3 Å². The van der Waals surface area contributed by atoms with E-state index in [1.807, 2.05) is 88.1 Å². The van der Waals surface area contributed by atoms with Crippen molar-refractivity contribution in [1.82, 2.24) is 45.6 Å². The van der Waals surface area contributed by atoms with Crippen molar-refractivity contribution in [3.05, 3.63) is 89.3 Å². The number of aromatic nitrogens is 5. The van der Waals surface area contributed by atoms with E-state index in [0.29, 0.717) is 28.9 Å². The van der Waals surface area contributed by atoms with Crippen molar-refractivity contribution < 1.29 is 24.6 Å². The number of aliphatic hydroxyl groups excluding tert-OH is 1. The third kappa shape index (κ3) is 11.0. The van der Waals surface area contributed by atoms with Gasteiger partial charge in [0.15, 0.2) is 5.82 Å². The highest BCUT2D eigenvalue weighted by atomic mass is 32.1. The fourth-order valence-electron chi connectivity index (χ4n) is 12.0. The lowest BCUT2D eigenvalue weighted by atomic mass is 9.80. The molecule has 5 atom stereocenters. The minimum absolute atomic E-state index is 0.0410. The van der Waals surface area contributed by atoms with Gasteiger partial charge in [-0.2, -0.15) is 0 Å². The molecule has 7 heterocycles. The Morgan fingerprint density at radius 2 is 1.56 bits per heavy atom. The number of aromatic hydroxyl groups is 1. The average molecular weight is 1010 g/mol. The number of likely N-dealkylation sites (tertiary alicyclic amines) is 2. The molecular formula is C55H70N12O5S. The topological polar surface area (TPSA) is 219 Å². The first kappa shape index (κ1) is 50.3. The number of amides is 3. The van der Waals surface area contributed by atoms with Gasteiger partial charge in [0, 0.05) is 75.1 Å². The first-order valence-corrected chi connectivity index (χ1v) is 27.1. The molecule has 1 saturated carbocycles. The van der Waals surface area contributed by atoms with E-state index in [-0.39, 0.29) is 61.0 Å². The minimum atomic E-state index is -0.848. The molecule has 3 unspecified atom stereocenters. The molecule has 5 fully saturated rings. The Bertz CT molecular complexity index is 2740. The number of piperidine rings is 1. The molecule has 6 N–H and O–H groups in total. The first-order valence-electron chi connectivity index (χ1n) is 26.2. The van der Waals surface area contributed by atoms with Crippen LogP contribution in [0.1, 0.15) is 101 Å². The number of piperazine rings is 1. The molecule has 5 aliphatic rings. The summed E-state index contributed by atoms with van der Waals surface area (Å²) in [6.07, 6.45) is 11.0. The number of benzene rings is 2. The number of anilines is 3. The Morgan fingerprint density at radius 1 is 0.863 bits per heavy atom. The van der Waals surface area contributed by atoms with Crippen LogP contribution < -0.4 is 26.2 Å². The first-order chi connectivity index (χ1) is 35.2. The van der Waals surface area contributed by atoms with Gasteiger partial charge in [-0.1, -0.05) is 57.2 Å². The van der Waals surface area contributed by atoms with Crippen molar-refractivity contribution >= 4 is 46.5 Å². The molecule has 0 spiro atoms. The van der Waals surface area contributed by atoms with E-state index in [1.165, 1.54) is 10.5 Å². The highest BCUT2D eigenvalue weighted by molar-refractivity contribution is 7.13. The molecule has 5 aromatic rings. The van der Waals surface area contributed by atoms with Crippen molar-refractivity contribution in [2.24, 2.45) is 17.3 Å². The number of aliphatic hydroxyl groups is 1. The molecule has 2 aromatic carbocycles. The monoisotopic (exact) mass is 1010 g/mol. The van der Waals surface area contributed by atoms with Crippen LogP contribution in [-0.4, -0.2) is 132 Å². The number of carbonyl (C=O) groups is 3. The van der Waals surface area contributed by atoms with Gasteiger partial charge in [-0.25, -0.2) is 15.0 Å². The summed E-state index contributed by atoms with van der Waals surface area (Å²) in [6.45, 7) is 12.7. The van der Waals surface area contributed by atoms with Crippen LogP contribution in [-0.2, 0) is 20.9 Å². The maximum absolute atomic E-state index is 14.3. The van der Waals surface area contributed by atoms with Crippen LogP contribution in [0.2, 0.25) is 0 Å². The zero-order chi connectivity index (χ0) is 51.0. The molecule has 73 heavy (non-hydrogen) atoms. The number of phenolic OH excluding ortho intramolecular Hbond substituents is 1. The number of nitrogens with two attached hydrogens (primary N) is 1. The quantitative estimate of drug-likeness (QED) is 0.0874. The molecule has 17 nitrogen and oxygen atoms in total. The van der Waals surface area contributed by atoms with E-state index in [9.17, 15) is 24.6 Å². The molecular weight excluding hydrogens is 941 g/mol. The predicted octanol–water partition coefficient (Wildman–Crippen LogP) is 6.31. The molecule has 2 bridgehead atoms. The second-order valence-corrected chi connectivity index (χ2v) is 23.1. The van der Waals surface area contributed by atoms with Crippen LogP contribution in [0.25, 0.3) is 21.7 Å². The maximum atomic E-state index is 14.3. The number of hydrogen-bond acceptors (Lipinski definition) is 15. The second-order valence-electron chi connectivity index (χ2n) is 22.2. The van der Waals surface area contributed by atoms with Gasteiger partial charge in [-0.15, -0.1) is 21.5 Å². The summed E-state index contributed by atoms with van der Waals surface area (Å²) in [5, 5.41) is 35.8. The van der Waals surface area contributed by atoms with E-state index in [0.717, 1.165) is 117 Å². The lowest BCUT2D eigenvalue weighted by molar-refractivity contribution is -0.144. The predicted molar refractivity (Wildman–Crippen MR) is 283 cm³/mol. The van der Waals surface area contributed by atoms with E-state index in [2.05, 4.69) is 40.5 Å². The molecule has 4 saturated heterocycles. The zero-order valence-electron chi connectivity index (χ0n) is 42.5. The normalized spacial score (nSPS) is 24.2. The molecule has 3 amide bonds. The highest BCUT2D eigenvalue weighted by Gasteiger charge is 2.46. The number of nitrogens with zero attached hydrogens (tertiary/aromatic N) is 9. The van der Waals surface area contributed by atoms with Crippen LogP contribution in [0.3, 0.4) is 0 Å². The molecule has 1 aliphatic carbocycles. The summed E-state index contributed by atoms with van der Waals surface area (Å²) in [5.74, 6) is 1.29. The maximum Gasteiger partial charge on any atom is 0.246 e. The van der Waals surface area contributed by atoms with Crippen LogP contribution in [0.15, 0.2) is 72.5 Å². The van der Waals surface area contributed by atoms with E-state index >= 15 is 0 Å². The minimum Gasteiger partial charge on any atom is -0.507 e. The Balaban J connectivity index is 0.670. The number of fused-ring (bicyclic) bond motifs is 2. The summed E-state index contributed by atoms with van der Waals surface area (Å²) in [7, 11) is 0. The van der Waals surface area contributed by atoms with Gasteiger partial charge in [-0.3, -0.25) is 14.4 Å². The number of hydrogen-bond donors (Lipinski definition) is 5. The van der Waals surface area contributed by atoms with Gasteiger partial charge in [0.2, 0.25) is 23.7 Å². The van der Waals surface area contributed by atoms with Crippen molar-refractivity contribution in [3.63, 3.8) is 0 Å². The van der Waals surface area contributed by atoms with Gasteiger partial charge >= 0.3 is 0 Å². The van der Waals surface area contributed by atoms with Gasteiger partial charge in [0.05, 0.1) is 33.6 Å².